The highest BCUT2D eigenvalue weighted by atomic mass is 19.1. The van der Waals surface area contributed by atoms with Gasteiger partial charge in [-0.1, -0.05) is 12.1 Å². The maximum atomic E-state index is 13.4. The van der Waals surface area contributed by atoms with Gasteiger partial charge in [0.05, 0.1) is 6.54 Å². The molecule has 1 aromatic carbocycles. The fraction of sp³-hybridized carbons (Fsp3) is 0.476. The van der Waals surface area contributed by atoms with Crippen molar-refractivity contribution in [2.45, 2.75) is 13.5 Å². The zero-order valence-electron chi connectivity index (χ0n) is 17.3. The largest absolute Gasteiger partial charge is 0.357 e. The van der Waals surface area contributed by atoms with Gasteiger partial charge in [0.2, 0.25) is 5.95 Å². The van der Waals surface area contributed by atoms with E-state index in [0.29, 0.717) is 6.54 Å². The van der Waals surface area contributed by atoms with E-state index in [9.17, 15) is 4.39 Å². The van der Waals surface area contributed by atoms with E-state index in [1.54, 1.807) is 24.5 Å². The van der Waals surface area contributed by atoms with Gasteiger partial charge >= 0.3 is 0 Å². The van der Waals surface area contributed by atoms with E-state index in [2.05, 4.69) is 32.0 Å². The molecule has 0 bridgehead atoms. The van der Waals surface area contributed by atoms with Crippen LogP contribution in [0.2, 0.25) is 0 Å². The third-order valence-corrected chi connectivity index (χ3v) is 4.89. The van der Waals surface area contributed by atoms with Gasteiger partial charge in [-0.15, -0.1) is 0 Å². The number of nitrogens with zero attached hydrogens (tertiary/aromatic N) is 6. The number of anilines is 1. The highest BCUT2D eigenvalue weighted by Gasteiger charge is 2.18. The smallest absolute Gasteiger partial charge is 0.225 e. The number of hydrogen-bond acceptors (Lipinski definition) is 5. The summed E-state index contributed by atoms with van der Waals surface area (Å²) in [5.74, 6) is 1.43. The number of piperazine rings is 1. The fourth-order valence-electron chi connectivity index (χ4n) is 3.38. The molecule has 0 unspecified atom stereocenters. The maximum Gasteiger partial charge on any atom is 0.225 e. The van der Waals surface area contributed by atoms with Crippen molar-refractivity contribution in [3.63, 3.8) is 0 Å². The summed E-state index contributed by atoms with van der Waals surface area (Å²) in [7, 11) is 1.98. The van der Waals surface area contributed by atoms with Crippen molar-refractivity contribution < 1.29 is 4.39 Å². The molecule has 0 aliphatic carbocycles. The molecule has 29 heavy (non-hydrogen) atoms. The van der Waals surface area contributed by atoms with Crippen LogP contribution in [0, 0.1) is 5.82 Å². The first-order chi connectivity index (χ1) is 14.2. The van der Waals surface area contributed by atoms with E-state index >= 15 is 0 Å². The van der Waals surface area contributed by atoms with E-state index in [-0.39, 0.29) is 5.82 Å². The van der Waals surface area contributed by atoms with E-state index in [1.165, 1.54) is 6.07 Å². The van der Waals surface area contributed by atoms with E-state index in [0.717, 1.165) is 63.3 Å². The van der Waals surface area contributed by atoms with Gasteiger partial charge in [-0.25, -0.2) is 14.4 Å². The predicted molar refractivity (Wildman–Crippen MR) is 115 cm³/mol. The molecule has 2 aromatic rings. The van der Waals surface area contributed by atoms with Crippen LogP contribution in [0.3, 0.4) is 0 Å². The summed E-state index contributed by atoms with van der Waals surface area (Å²) < 4.78 is 13.4. The molecule has 0 spiro atoms. The summed E-state index contributed by atoms with van der Waals surface area (Å²) in [5, 5.41) is 3.32. The van der Waals surface area contributed by atoms with Crippen LogP contribution in [0.15, 0.2) is 47.7 Å². The molecular formula is C21H30FN7. The topological polar surface area (TPSA) is 59.9 Å². The lowest BCUT2D eigenvalue weighted by Gasteiger charge is -2.34. The van der Waals surface area contributed by atoms with Gasteiger partial charge in [0, 0.05) is 65.3 Å². The Bertz CT molecular complexity index is 776. The molecule has 1 aromatic heterocycles. The normalized spacial score (nSPS) is 15.4. The number of halogens is 1. The van der Waals surface area contributed by atoms with Crippen molar-refractivity contribution in [3.8, 4) is 0 Å². The van der Waals surface area contributed by atoms with Crippen molar-refractivity contribution in [3.05, 3.63) is 54.1 Å². The number of aromatic nitrogens is 2. The van der Waals surface area contributed by atoms with Gasteiger partial charge < -0.3 is 15.1 Å². The number of benzene rings is 1. The van der Waals surface area contributed by atoms with Crippen molar-refractivity contribution in [1.82, 2.24) is 25.1 Å². The zero-order valence-corrected chi connectivity index (χ0v) is 17.3. The fourth-order valence-corrected chi connectivity index (χ4v) is 3.38. The van der Waals surface area contributed by atoms with Gasteiger partial charge in [-0.05, 0) is 30.7 Å². The Kier molecular flexibility index (Phi) is 7.75. The van der Waals surface area contributed by atoms with Gasteiger partial charge in [0.15, 0.2) is 5.96 Å². The quantitative estimate of drug-likeness (QED) is 0.566. The molecule has 1 saturated heterocycles. The molecule has 156 valence electrons. The Labute approximate surface area is 172 Å². The van der Waals surface area contributed by atoms with Crippen LogP contribution in [-0.4, -0.2) is 78.6 Å². The molecule has 0 amide bonds. The summed E-state index contributed by atoms with van der Waals surface area (Å²) in [6.07, 6.45) is 3.57. The first-order valence-electron chi connectivity index (χ1n) is 10.1. The molecule has 0 atom stereocenters. The summed E-state index contributed by atoms with van der Waals surface area (Å²) in [6.45, 7) is 8.88. The van der Waals surface area contributed by atoms with Crippen LogP contribution < -0.4 is 10.2 Å². The second kappa shape index (κ2) is 10.7. The summed E-state index contributed by atoms with van der Waals surface area (Å²) in [4.78, 5) is 20.1. The number of guanidine groups is 1. The van der Waals surface area contributed by atoms with Gasteiger partial charge in [0.1, 0.15) is 5.82 Å². The Morgan fingerprint density at radius 1 is 1.17 bits per heavy atom. The number of nitrogens with one attached hydrogen (secondary N) is 1. The predicted octanol–water partition coefficient (Wildman–Crippen LogP) is 1.84. The van der Waals surface area contributed by atoms with Crippen LogP contribution in [0.25, 0.3) is 0 Å². The van der Waals surface area contributed by atoms with Crippen LogP contribution >= 0.6 is 0 Å². The molecule has 0 saturated carbocycles. The average Bonchev–Trinajstić information content (AvgIpc) is 2.74. The minimum atomic E-state index is -0.210. The summed E-state index contributed by atoms with van der Waals surface area (Å²) in [5.41, 5.74) is 0.928. The maximum absolute atomic E-state index is 13.4. The monoisotopic (exact) mass is 399 g/mol. The SMILES string of the molecule is CCNC(=NCCN1CCN(c2ncccn2)CC1)N(C)Cc1cccc(F)c1. The number of aliphatic imine (C=N–C) groups is 1. The van der Waals surface area contributed by atoms with Gasteiger partial charge in [-0.2, -0.15) is 0 Å². The summed E-state index contributed by atoms with van der Waals surface area (Å²) in [6, 6.07) is 8.54. The molecule has 7 nitrogen and oxygen atoms in total. The number of rotatable bonds is 7. The van der Waals surface area contributed by atoms with Crippen molar-refractivity contribution in [1.29, 1.82) is 0 Å². The standard InChI is InChI=1S/C21H30FN7/c1-3-23-20(27(2)17-18-6-4-7-19(22)16-18)26-10-11-28-12-14-29(15-13-28)21-24-8-5-9-25-21/h4-9,16H,3,10-15,17H2,1-2H3,(H,23,26). The van der Waals surface area contributed by atoms with Crippen LogP contribution in [-0.2, 0) is 6.54 Å². The Hall–Kier alpha value is -2.74. The van der Waals surface area contributed by atoms with Crippen LogP contribution in [0.4, 0.5) is 10.3 Å². The Morgan fingerprint density at radius 2 is 1.93 bits per heavy atom. The molecular weight excluding hydrogens is 369 g/mol. The minimum absolute atomic E-state index is 0.210. The third kappa shape index (κ3) is 6.39. The van der Waals surface area contributed by atoms with Gasteiger partial charge in [0.25, 0.3) is 0 Å². The lowest BCUT2D eigenvalue weighted by Crippen LogP contribution is -2.47. The Balaban J connectivity index is 1.48. The molecule has 1 aliphatic heterocycles. The first-order valence-corrected chi connectivity index (χ1v) is 10.1. The molecule has 0 radical (unpaired) electrons. The highest BCUT2D eigenvalue weighted by Crippen LogP contribution is 2.10. The van der Waals surface area contributed by atoms with E-state index < -0.39 is 0 Å². The van der Waals surface area contributed by atoms with Crippen molar-refractivity contribution in [2.24, 2.45) is 4.99 Å². The van der Waals surface area contributed by atoms with Gasteiger partial charge in [-0.3, -0.25) is 9.89 Å². The lowest BCUT2D eigenvalue weighted by molar-refractivity contribution is 0.263. The Morgan fingerprint density at radius 3 is 2.62 bits per heavy atom. The molecule has 1 fully saturated rings. The summed E-state index contributed by atoms with van der Waals surface area (Å²) >= 11 is 0. The first kappa shape index (κ1) is 21.0. The lowest BCUT2D eigenvalue weighted by atomic mass is 10.2. The highest BCUT2D eigenvalue weighted by molar-refractivity contribution is 5.79. The van der Waals surface area contributed by atoms with Crippen molar-refractivity contribution in [2.75, 3.05) is 57.8 Å². The third-order valence-electron chi connectivity index (χ3n) is 4.89. The molecule has 2 heterocycles. The van der Waals surface area contributed by atoms with E-state index in [4.69, 9.17) is 4.99 Å². The second-order valence-electron chi connectivity index (χ2n) is 7.10. The van der Waals surface area contributed by atoms with Crippen LogP contribution in [0.5, 0.6) is 0 Å². The second-order valence-corrected chi connectivity index (χ2v) is 7.10. The minimum Gasteiger partial charge on any atom is -0.357 e. The van der Waals surface area contributed by atoms with Crippen molar-refractivity contribution >= 4 is 11.9 Å². The van der Waals surface area contributed by atoms with E-state index in [1.807, 2.05) is 24.1 Å². The molecule has 8 heteroatoms. The molecule has 1 aliphatic rings. The zero-order chi connectivity index (χ0) is 20.5. The number of hydrogen-bond donors (Lipinski definition) is 1. The van der Waals surface area contributed by atoms with Crippen LogP contribution in [0.1, 0.15) is 12.5 Å². The molecule has 1 N–H and O–H groups in total. The molecule has 3 rings (SSSR count). The average molecular weight is 400 g/mol.